The SMILES string of the molecule is CCOc1ccc(N2C[C@H](CNS(=O)(=O)c3cccc(Cl)c3)CC2=O)cc1. The Hall–Kier alpha value is -2.09. The molecule has 1 aliphatic heterocycles. The summed E-state index contributed by atoms with van der Waals surface area (Å²) in [6.45, 7) is 3.14. The van der Waals surface area contributed by atoms with Crippen LogP contribution < -0.4 is 14.4 Å². The average Bonchev–Trinajstić information content (AvgIpc) is 3.02. The first-order chi connectivity index (χ1) is 12.9. The summed E-state index contributed by atoms with van der Waals surface area (Å²) < 4.78 is 32.8. The number of hydrogen-bond donors (Lipinski definition) is 1. The van der Waals surface area contributed by atoms with Crippen molar-refractivity contribution in [3.8, 4) is 5.75 Å². The fraction of sp³-hybridized carbons (Fsp3) is 0.316. The summed E-state index contributed by atoms with van der Waals surface area (Å²) in [6, 6.07) is 13.4. The molecule has 1 amide bonds. The number of nitrogens with zero attached hydrogens (tertiary/aromatic N) is 1. The molecule has 0 saturated carbocycles. The minimum absolute atomic E-state index is 0.0221. The molecule has 0 aromatic heterocycles. The number of hydrogen-bond acceptors (Lipinski definition) is 4. The van der Waals surface area contributed by atoms with Crippen molar-refractivity contribution in [3.05, 3.63) is 53.6 Å². The van der Waals surface area contributed by atoms with Gasteiger partial charge in [-0.1, -0.05) is 17.7 Å². The van der Waals surface area contributed by atoms with Gasteiger partial charge < -0.3 is 9.64 Å². The molecule has 2 aromatic carbocycles. The Morgan fingerprint density at radius 1 is 1.22 bits per heavy atom. The summed E-state index contributed by atoms with van der Waals surface area (Å²) in [7, 11) is -3.66. The third-order valence-electron chi connectivity index (χ3n) is 4.33. The molecule has 27 heavy (non-hydrogen) atoms. The Bertz CT molecular complexity index is 916. The van der Waals surface area contributed by atoms with E-state index in [1.807, 2.05) is 31.2 Å². The first-order valence-electron chi connectivity index (χ1n) is 8.67. The van der Waals surface area contributed by atoms with Crippen LogP contribution in [0.5, 0.6) is 5.75 Å². The van der Waals surface area contributed by atoms with Gasteiger partial charge in [-0.25, -0.2) is 13.1 Å². The summed E-state index contributed by atoms with van der Waals surface area (Å²) in [5.74, 6) is 0.628. The number of carbonyl (C=O) groups is 1. The topological polar surface area (TPSA) is 75.7 Å². The predicted octanol–water partition coefficient (Wildman–Crippen LogP) is 3.07. The highest BCUT2D eigenvalue weighted by Gasteiger charge is 2.31. The summed E-state index contributed by atoms with van der Waals surface area (Å²) in [5, 5.41) is 0.357. The summed E-state index contributed by atoms with van der Waals surface area (Å²) in [6.07, 6.45) is 0.297. The molecule has 8 heteroatoms. The number of anilines is 1. The van der Waals surface area contributed by atoms with Crippen molar-refractivity contribution in [1.82, 2.24) is 4.72 Å². The molecule has 6 nitrogen and oxygen atoms in total. The van der Waals surface area contributed by atoms with Crippen molar-refractivity contribution in [2.24, 2.45) is 5.92 Å². The predicted molar refractivity (Wildman–Crippen MR) is 105 cm³/mol. The van der Waals surface area contributed by atoms with Crippen molar-refractivity contribution in [2.75, 3.05) is 24.6 Å². The van der Waals surface area contributed by atoms with Crippen molar-refractivity contribution >= 4 is 33.2 Å². The largest absolute Gasteiger partial charge is 0.494 e. The van der Waals surface area contributed by atoms with Crippen molar-refractivity contribution < 1.29 is 17.9 Å². The Kier molecular flexibility index (Phi) is 6.04. The summed E-state index contributed by atoms with van der Waals surface area (Å²) >= 11 is 5.86. The van der Waals surface area contributed by atoms with E-state index in [2.05, 4.69) is 4.72 Å². The molecule has 0 bridgehead atoms. The van der Waals surface area contributed by atoms with Crippen LogP contribution in [0.4, 0.5) is 5.69 Å². The van der Waals surface area contributed by atoms with E-state index in [1.54, 1.807) is 17.0 Å². The lowest BCUT2D eigenvalue weighted by Gasteiger charge is -2.17. The summed E-state index contributed by atoms with van der Waals surface area (Å²) in [4.78, 5) is 14.1. The number of ether oxygens (including phenoxy) is 1. The molecule has 0 aliphatic carbocycles. The fourth-order valence-electron chi connectivity index (χ4n) is 3.00. The third kappa shape index (κ3) is 4.80. The number of benzene rings is 2. The first-order valence-corrected chi connectivity index (χ1v) is 10.5. The monoisotopic (exact) mass is 408 g/mol. The molecule has 144 valence electrons. The lowest BCUT2D eigenvalue weighted by Crippen LogP contribution is -2.31. The van der Waals surface area contributed by atoms with E-state index < -0.39 is 10.0 Å². The molecule has 1 aliphatic rings. The highest BCUT2D eigenvalue weighted by atomic mass is 35.5. The van der Waals surface area contributed by atoms with Gasteiger partial charge >= 0.3 is 0 Å². The number of amides is 1. The molecule has 0 unspecified atom stereocenters. The molecule has 1 fully saturated rings. The van der Waals surface area contributed by atoms with Crippen molar-refractivity contribution in [2.45, 2.75) is 18.2 Å². The third-order valence-corrected chi connectivity index (χ3v) is 5.99. The van der Waals surface area contributed by atoms with E-state index >= 15 is 0 Å². The van der Waals surface area contributed by atoms with E-state index in [-0.39, 0.29) is 23.3 Å². The second-order valence-corrected chi connectivity index (χ2v) is 8.51. The average molecular weight is 409 g/mol. The lowest BCUT2D eigenvalue weighted by atomic mass is 10.1. The zero-order valence-corrected chi connectivity index (χ0v) is 16.5. The molecule has 2 aromatic rings. The Morgan fingerprint density at radius 3 is 2.63 bits per heavy atom. The van der Waals surface area contributed by atoms with Crippen LogP contribution in [0.15, 0.2) is 53.4 Å². The highest BCUT2D eigenvalue weighted by molar-refractivity contribution is 7.89. The number of sulfonamides is 1. The van der Waals surface area contributed by atoms with Gasteiger partial charge in [0.2, 0.25) is 15.9 Å². The van der Waals surface area contributed by atoms with Crippen LogP contribution in [0, 0.1) is 5.92 Å². The molecule has 1 saturated heterocycles. The molecular weight excluding hydrogens is 388 g/mol. The van der Waals surface area contributed by atoms with Crippen LogP contribution in [-0.4, -0.2) is 34.0 Å². The zero-order valence-electron chi connectivity index (χ0n) is 14.9. The second-order valence-electron chi connectivity index (χ2n) is 6.31. The maximum atomic E-state index is 12.4. The standard InChI is InChI=1S/C19H21ClN2O4S/c1-2-26-17-8-6-16(7-9-17)22-13-14(10-19(22)23)12-21-27(24,25)18-5-3-4-15(20)11-18/h3-9,11,14,21H,2,10,12-13H2,1H3/t14-/m0/s1. The number of rotatable bonds is 7. The minimum atomic E-state index is -3.66. The van der Waals surface area contributed by atoms with Crippen LogP contribution in [-0.2, 0) is 14.8 Å². The molecular formula is C19H21ClN2O4S. The maximum Gasteiger partial charge on any atom is 0.240 e. The normalized spacial score (nSPS) is 17.3. The zero-order chi connectivity index (χ0) is 19.4. The van der Waals surface area contributed by atoms with Gasteiger partial charge in [-0.05, 0) is 55.3 Å². The van der Waals surface area contributed by atoms with Crippen molar-refractivity contribution in [1.29, 1.82) is 0 Å². The molecule has 1 atom stereocenters. The van der Waals surface area contributed by atoms with Gasteiger partial charge in [0, 0.05) is 30.2 Å². The van der Waals surface area contributed by atoms with E-state index in [4.69, 9.17) is 16.3 Å². The van der Waals surface area contributed by atoms with E-state index in [0.717, 1.165) is 11.4 Å². The van der Waals surface area contributed by atoms with Crippen LogP contribution in [0.3, 0.4) is 0 Å². The van der Waals surface area contributed by atoms with Crippen LogP contribution in [0.25, 0.3) is 0 Å². The summed E-state index contributed by atoms with van der Waals surface area (Å²) in [5.41, 5.74) is 0.781. The Morgan fingerprint density at radius 2 is 1.96 bits per heavy atom. The first kappa shape index (κ1) is 19.7. The van der Waals surface area contributed by atoms with Crippen LogP contribution in [0.1, 0.15) is 13.3 Å². The minimum Gasteiger partial charge on any atom is -0.494 e. The van der Waals surface area contributed by atoms with Gasteiger partial charge in [-0.2, -0.15) is 0 Å². The molecule has 1 N–H and O–H groups in total. The van der Waals surface area contributed by atoms with Gasteiger partial charge in [0.25, 0.3) is 0 Å². The molecule has 1 heterocycles. The van der Waals surface area contributed by atoms with Gasteiger partial charge in [-0.15, -0.1) is 0 Å². The number of carbonyl (C=O) groups excluding carboxylic acids is 1. The maximum absolute atomic E-state index is 12.4. The highest BCUT2D eigenvalue weighted by Crippen LogP contribution is 2.27. The van der Waals surface area contributed by atoms with Crippen LogP contribution in [0.2, 0.25) is 5.02 Å². The van der Waals surface area contributed by atoms with Crippen molar-refractivity contribution in [3.63, 3.8) is 0 Å². The number of nitrogens with one attached hydrogen (secondary N) is 1. The number of halogens is 1. The van der Waals surface area contributed by atoms with E-state index in [1.165, 1.54) is 12.1 Å². The smallest absolute Gasteiger partial charge is 0.240 e. The van der Waals surface area contributed by atoms with E-state index in [9.17, 15) is 13.2 Å². The molecule has 0 radical (unpaired) electrons. The quantitative estimate of drug-likeness (QED) is 0.763. The Labute approximate surface area is 164 Å². The van der Waals surface area contributed by atoms with Gasteiger partial charge in [-0.3, -0.25) is 4.79 Å². The van der Waals surface area contributed by atoms with E-state index in [0.29, 0.717) is 24.6 Å². The van der Waals surface area contributed by atoms with Crippen LogP contribution >= 0.6 is 11.6 Å². The Balaban J connectivity index is 1.62. The lowest BCUT2D eigenvalue weighted by molar-refractivity contribution is -0.117. The van der Waals surface area contributed by atoms with Gasteiger partial charge in [0.05, 0.1) is 11.5 Å². The molecule has 0 spiro atoms. The van der Waals surface area contributed by atoms with Gasteiger partial charge in [0.1, 0.15) is 5.75 Å². The fourth-order valence-corrected chi connectivity index (χ4v) is 4.42. The second kappa shape index (κ2) is 8.29. The van der Waals surface area contributed by atoms with Gasteiger partial charge in [0.15, 0.2) is 0 Å². The molecule has 3 rings (SSSR count).